The standard InChI is InChI=1S/C27H21N9.C24H22N2O.C16H17N.C11H6F2N.C11H8N.C9H5F3N3.2Ir/c1-16-28-19-10-4-7-13-22(19)34(16)25-31-26(35-17(2)29-20-11-5-8-14-23(20)35)33-27(32-25)36-18(3)30-21-12-6-9-15-24(21)36;1-24(2,3)21-15-13-20(14-16-21)23-26-25-22(27-23)19-11-9-18(10-12-19)17-7-5-4-6-8-17;1-3-12(2)17-15-10-6-4-8-13(15)14-9-5-7-11-16(14)17;12-8-4-5-9(10(13)7-8)11-3-1-2-6-14-11;1-2-6-10(7-3-1)11-8-4-5-9-12-11;10-9(11,12)8-5-7(14-15-8)6-3-1-2-4-13-6;;/h4-15H,1-3H3;4-16H,1-3H3;4-12H,3H2,1-2H3;1-4,6-7H;1-6,8-9H;1-5H;;/q;;;3*-1;;. The molecule has 1 unspecified atom stereocenters. The van der Waals surface area contributed by atoms with E-state index >= 15 is 0 Å². The Morgan fingerprint density at radius 3 is 1.28 bits per heavy atom. The number of aromatic nitrogens is 17. The van der Waals surface area contributed by atoms with Gasteiger partial charge in [-0.15, -0.1) is 58.2 Å². The van der Waals surface area contributed by atoms with Crippen LogP contribution in [0.25, 0.3) is 141 Å². The molecule has 0 spiro atoms. The molecule has 0 fully saturated rings. The number of nitrogens with zero attached hydrogens (tertiary/aromatic N) is 17. The van der Waals surface area contributed by atoms with Crippen LogP contribution in [0.5, 0.6) is 0 Å². The normalized spacial score (nSPS) is 11.3. The Labute approximate surface area is 733 Å². The first-order chi connectivity index (χ1) is 58.7. The van der Waals surface area contributed by atoms with E-state index in [9.17, 15) is 22.0 Å². The predicted molar refractivity (Wildman–Crippen MR) is 464 cm³/mol. The first-order valence-electron chi connectivity index (χ1n) is 39.1. The second kappa shape index (κ2) is 39.1. The number of imidazole rings is 3. The van der Waals surface area contributed by atoms with Crippen molar-refractivity contribution in [1.29, 1.82) is 0 Å². The molecule has 10 heterocycles. The van der Waals surface area contributed by atoms with Crippen LogP contribution < -0.4 is 5.10 Å². The fourth-order valence-corrected chi connectivity index (χ4v) is 13.8. The monoisotopic (exact) mass is 1990 g/mol. The molecule has 618 valence electrons. The molecule has 18 nitrogen and oxygen atoms in total. The molecule has 20 rings (SSSR count). The third kappa shape index (κ3) is 20.1. The zero-order valence-corrected chi connectivity index (χ0v) is 72.7. The van der Waals surface area contributed by atoms with Gasteiger partial charge in [-0.05, 0) is 171 Å². The minimum Gasteiger partial charge on any atom is -0.573 e. The van der Waals surface area contributed by atoms with Gasteiger partial charge in [0.05, 0.1) is 33.1 Å². The first kappa shape index (κ1) is 87.0. The van der Waals surface area contributed by atoms with Crippen molar-refractivity contribution in [3.63, 3.8) is 0 Å². The van der Waals surface area contributed by atoms with Gasteiger partial charge in [0.15, 0.2) is 0 Å². The molecule has 25 heteroatoms. The third-order valence-corrected chi connectivity index (χ3v) is 19.9. The Morgan fingerprint density at radius 1 is 0.431 bits per heavy atom. The number of fused-ring (bicyclic) bond motifs is 6. The molecule has 0 aliphatic rings. The number of halogens is 5. The summed E-state index contributed by atoms with van der Waals surface area (Å²) in [4.78, 5) is 41.1. The van der Waals surface area contributed by atoms with Crippen LogP contribution in [0.2, 0.25) is 0 Å². The Hall–Kier alpha value is -13.8. The first-order valence-corrected chi connectivity index (χ1v) is 39.1. The van der Waals surface area contributed by atoms with E-state index in [2.05, 4.69) is 172 Å². The number of para-hydroxylation sites is 8. The molecule has 0 saturated carbocycles. The fourth-order valence-electron chi connectivity index (χ4n) is 13.8. The molecule has 0 aliphatic heterocycles. The quantitative estimate of drug-likeness (QED) is 0.0874. The van der Waals surface area contributed by atoms with Crippen molar-refractivity contribution in [2.75, 3.05) is 0 Å². The van der Waals surface area contributed by atoms with E-state index in [1.54, 1.807) is 48.8 Å². The van der Waals surface area contributed by atoms with Gasteiger partial charge in [0.25, 0.3) is 0 Å². The van der Waals surface area contributed by atoms with E-state index in [0.717, 1.165) is 103 Å². The van der Waals surface area contributed by atoms with Gasteiger partial charge in [-0.25, -0.2) is 15.0 Å². The summed E-state index contributed by atoms with van der Waals surface area (Å²) in [5.41, 5.74) is 15.9. The average Bonchev–Trinajstić information content (AvgIpc) is 1.60. The Bertz CT molecular complexity index is 6550. The maximum absolute atomic E-state index is 13.2. The van der Waals surface area contributed by atoms with Crippen molar-refractivity contribution in [2.24, 2.45) is 0 Å². The summed E-state index contributed by atoms with van der Waals surface area (Å²) in [6.45, 7) is 17.0. The molecule has 0 bridgehead atoms. The molecule has 0 saturated heterocycles. The van der Waals surface area contributed by atoms with Crippen LogP contribution in [0.15, 0.2) is 320 Å². The van der Waals surface area contributed by atoms with Crippen LogP contribution in [0.1, 0.15) is 75.8 Å². The van der Waals surface area contributed by atoms with Crippen LogP contribution in [-0.4, -0.2) is 78.4 Å². The van der Waals surface area contributed by atoms with Gasteiger partial charge in [0.2, 0.25) is 29.6 Å². The van der Waals surface area contributed by atoms with Crippen molar-refractivity contribution in [1.82, 2.24) is 83.5 Å². The van der Waals surface area contributed by atoms with Crippen LogP contribution in [0.4, 0.5) is 22.0 Å². The van der Waals surface area contributed by atoms with E-state index in [1.165, 1.54) is 39.1 Å². The number of aryl methyl sites for hydroxylation is 3. The molecule has 0 aliphatic carbocycles. The van der Waals surface area contributed by atoms with Crippen molar-refractivity contribution in [3.8, 4) is 85.8 Å². The van der Waals surface area contributed by atoms with E-state index in [1.807, 2.05) is 192 Å². The van der Waals surface area contributed by atoms with Crippen molar-refractivity contribution >= 4 is 54.9 Å². The van der Waals surface area contributed by atoms with Crippen molar-refractivity contribution in [3.05, 3.63) is 368 Å². The molecule has 10 aromatic heterocycles. The van der Waals surface area contributed by atoms with E-state index in [4.69, 9.17) is 34.3 Å². The summed E-state index contributed by atoms with van der Waals surface area (Å²) in [7, 11) is 0. The zero-order chi connectivity index (χ0) is 84.2. The van der Waals surface area contributed by atoms with Gasteiger partial charge in [0, 0.05) is 115 Å². The van der Waals surface area contributed by atoms with Gasteiger partial charge >= 0.3 is 6.18 Å². The smallest absolute Gasteiger partial charge is 0.431 e. The fraction of sp³-hybridized carbons (Fsp3) is 0.122. The molecule has 2 radical (unpaired) electrons. The number of hydrogen-bond donors (Lipinski definition) is 0. The molecule has 123 heavy (non-hydrogen) atoms. The minimum absolute atomic E-state index is 0. The van der Waals surface area contributed by atoms with Gasteiger partial charge in [-0.2, -0.15) is 28.1 Å². The SMILES string of the molecule is CC(C)(C)c1ccc(-c2nnc(-c3ccc(-c4ccccc4)cc3)o2)cc1.CCC(C)n1c2ccccc2c2ccccc21.Cc1nc2ccccc2n1-c1nc(-n2c(C)nc3ccccc32)nc(-n2c(C)nc3ccccc32)n1.FC(F)(F)c1cc(-c2ccccn2)[n-]n1.Fc1c[c-]c(-c2ccccn2)c(F)c1.[Ir].[Ir].[c-]1ccccc1-c1ccccn1. The summed E-state index contributed by atoms with van der Waals surface area (Å²) in [5.74, 6) is 3.60. The van der Waals surface area contributed by atoms with Crippen molar-refractivity contribution < 1.29 is 66.6 Å². The van der Waals surface area contributed by atoms with Gasteiger partial charge in [-0.3, -0.25) is 27.5 Å². The Balaban J connectivity index is 0.000000133. The van der Waals surface area contributed by atoms with Crippen LogP contribution in [0.3, 0.4) is 0 Å². The second-order valence-corrected chi connectivity index (χ2v) is 29.1. The number of benzene rings is 10. The maximum atomic E-state index is 13.2. The molecule has 0 amide bonds. The van der Waals surface area contributed by atoms with E-state index in [-0.39, 0.29) is 56.9 Å². The van der Waals surface area contributed by atoms with Gasteiger partial charge < -0.3 is 29.1 Å². The third-order valence-electron chi connectivity index (χ3n) is 19.9. The van der Waals surface area contributed by atoms with Gasteiger partial charge in [-0.1, -0.05) is 203 Å². The van der Waals surface area contributed by atoms with E-state index < -0.39 is 23.5 Å². The summed E-state index contributed by atoms with van der Waals surface area (Å²) in [5, 5.41) is 17.6. The van der Waals surface area contributed by atoms with Gasteiger partial charge in [0.1, 0.15) is 23.2 Å². The summed E-state index contributed by atoms with van der Waals surface area (Å²) >= 11 is 0. The number of hydrogen-bond acceptors (Lipinski definition) is 13. The van der Waals surface area contributed by atoms with E-state index in [0.29, 0.717) is 47.1 Å². The van der Waals surface area contributed by atoms with Crippen molar-refractivity contribution in [2.45, 2.75) is 79.4 Å². The number of rotatable bonds is 11. The maximum Gasteiger partial charge on any atom is 0.431 e. The topological polar surface area (TPSA) is 202 Å². The molecule has 10 aromatic carbocycles. The summed E-state index contributed by atoms with van der Waals surface area (Å²) < 4.78 is 76.6. The summed E-state index contributed by atoms with van der Waals surface area (Å²) in [6, 6.07) is 101. The van der Waals surface area contributed by atoms with Crippen LogP contribution in [-0.2, 0) is 51.8 Å². The average molecular weight is 1990 g/mol. The molecule has 20 aromatic rings. The number of pyridine rings is 3. The molecule has 0 N–H and O–H groups in total. The second-order valence-electron chi connectivity index (χ2n) is 29.1. The largest absolute Gasteiger partial charge is 0.573 e. The van der Waals surface area contributed by atoms with Crippen LogP contribution in [0, 0.1) is 44.5 Å². The Morgan fingerprint density at radius 2 is 0.846 bits per heavy atom. The molecule has 1 atom stereocenters. The Kier molecular flexibility index (Phi) is 27.7. The number of alkyl halides is 3. The van der Waals surface area contributed by atoms with Crippen LogP contribution >= 0.6 is 0 Å². The molecular weight excluding hydrogens is 1910 g/mol. The minimum atomic E-state index is -4.46. The predicted octanol–water partition coefficient (Wildman–Crippen LogP) is 23.4. The molecular formula is C98H79F5Ir2N17O-3. The zero-order valence-electron chi connectivity index (χ0n) is 67.9. The summed E-state index contributed by atoms with van der Waals surface area (Å²) in [6.07, 6.45) is 1.52.